The lowest BCUT2D eigenvalue weighted by Crippen LogP contribution is -2.60. The summed E-state index contributed by atoms with van der Waals surface area (Å²) in [5.41, 5.74) is -1.06. The van der Waals surface area contributed by atoms with Crippen LogP contribution < -0.4 is 10.6 Å². The minimum Gasteiger partial charge on any atom is -0.480 e. The van der Waals surface area contributed by atoms with Gasteiger partial charge in [0, 0.05) is 11.3 Å². The second kappa shape index (κ2) is 7.38. The summed E-state index contributed by atoms with van der Waals surface area (Å²) < 4.78 is 0. The smallest absolute Gasteiger partial charge is 0.329 e. The van der Waals surface area contributed by atoms with Crippen LogP contribution in [-0.4, -0.2) is 40.2 Å². The number of thioether (sulfide) groups is 1. The highest BCUT2D eigenvalue weighted by molar-refractivity contribution is 7.99. The van der Waals surface area contributed by atoms with Crippen molar-refractivity contribution < 1.29 is 14.7 Å². The third-order valence-corrected chi connectivity index (χ3v) is 5.96. The van der Waals surface area contributed by atoms with Crippen LogP contribution in [-0.2, 0) is 4.79 Å². The predicted molar refractivity (Wildman–Crippen MR) is 84.7 cm³/mol. The molecule has 0 aromatic heterocycles. The number of aliphatic carboxylic acids is 1. The van der Waals surface area contributed by atoms with E-state index in [1.807, 2.05) is 0 Å². The topological polar surface area (TPSA) is 78.4 Å². The zero-order chi connectivity index (χ0) is 15.3. The Morgan fingerprint density at radius 2 is 1.76 bits per heavy atom. The standard InChI is InChI=1S/C15H26N2O3S/c1-21-12-8-4-3-7-11(12)16-14(20)17-15(13(18)19)9-5-2-6-10-15/h11-12H,2-10H2,1H3,(H,18,19)(H2,16,17,20). The first-order chi connectivity index (χ1) is 10.1. The highest BCUT2D eigenvalue weighted by Crippen LogP contribution is 2.29. The molecule has 2 aliphatic rings. The first kappa shape index (κ1) is 16.5. The quantitative estimate of drug-likeness (QED) is 0.745. The molecule has 2 amide bonds. The summed E-state index contributed by atoms with van der Waals surface area (Å²) in [6.45, 7) is 0. The van der Waals surface area contributed by atoms with Gasteiger partial charge in [0.2, 0.25) is 0 Å². The molecule has 0 aromatic rings. The van der Waals surface area contributed by atoms with Crippen molar-refractivity contribution in [3.8, 4) is 0 Å². The maximum absolute atomic E-state index is 12.3. The van der Waals surface area contributed by atoms with E-state index in [2.05, 4.69) is 16.9 Å². The number of carboxylic acid groups (broad SMARTS) is 1. The van der Waals surface area contributed by atoms with E-state index < -0.39 is 11.5 Å². The number of urea groups is 1. The molecule has 3 N–H and O–H groups in total. The molecule has 0 radical (unpaired) electrons. The van der Waals surface area contributed by atoms with Crippen molar-refractivity contribution in [3.63, 3.8) is 0 Å². The molecule has 6 heteroatoms. The lowest BCUT2D eigenvalue weighted by Gasteiger charge is -2.36. The van der Waals surface area contributed by atoms with Crippen LogP contribution in [0, 0.1) is 0 Å². The van der Waals surface area contributed by atoms with Gasteiger partial charge < -0.3 is 15.7 Å². The van der Waals surface area contributed by atoms with Crippen molar-refractivity contribution in [1.82, 2.24) is 10.6 Å². The van der Waals surface area contributed by atoms with Gasteiger partial charge in [-0.3, -0.25) is 0 Å². The molecule has 2 aliphatic carbocycles. The molecule has 0 aromatic carbocycles. The van der Waals surface area contributed by atoms with Crippen LogP contribution in [0.15, 0.2) is 0 Å². The highest BCUT2D eigenvalue weighted by atomic mass is 32.2. The SMILES string of the molecule is CSC1CCCCC1NC(=O)NC1(C(=O)O)CCCCC1. The summed E-state index contributed by atoms with van der Waals surface area (Å²) in [6.07, 6.45) is 10.4. The fourth-order valence-electron chi connectivity index (χ4n) is 3.51. The van der Waals surface area contributed by atoms with Crippen LogP contribution in [0.1, 0.15) is 57.8 Å². The van der Waals surface area contributed by atoms with Crippen LogP contribution in [0.4, 0.5) is 4.79 Å². The van der Waals surface area contributed by atoms with Gasteiger partial charge in [-0.25, -0.2) is 9.59 Å². The van der Waals surface area contributed by atoms with Gasteiger partial charge in [0.25, 0.3) is 0 Å². The molecular formula is C15H26N2O3S. The van der Waals surface area contributed by atoms with Crippen molar-refractivity contribution in [2.45, 2.75) is 74.6 Å². The van der Waals surface area contributed by atoms with Gasteiger partial charge in [-0.05, 0) is 31.9 Å². The molecule has 0 aliphatic heterocycles. The van der Waals surface area contributed by atoms with Crippen molar-refractivity contribution in [2.24, 2.45) is 0 Å². The molecule has 0 bridgehead atoms. The maximum Gasteiger partial charge on any atom is 0.329 e. The van der Waals surface area contributed by atoms with E-state index in [-0.39, 0.29) is 12.1 Å². The normalized spacial score (nSPS) is 28.6. The van der Waals surface area contributed by atoms with Gasteiger partial charge >= 0.3 is 12.0 Å². The van der Waals surface area contributed by atoms with Gasteiger partial charge in [-0.2, -0.15) is 11.8 Å². The third-order valence-electron chi connectivity index (χ3n) is 4.79. The first-order valence-corrected chi connectivity index (χ1v) is 9.21. The van der Waals surface area contributed by atoms with Crippen molar-refractivity contribution in [1.29, 1.82) is 0 Å². The number of carbonyl (C=O) groups is 2. The minimum atomic E-state index is -1.06. The van der Waals surface area contributed by atoms with Gasteiger partial charge in [0.15, 0.2) is 0 Å². The van der Waals surface area contributed by atoms with E-state index in [9.17, 15) is 14.7 Å². The molecule has 120 valence electrons. The Bertz CT molecular complexity index is 383. The number of hydrogen-bond donors (Lipinski definition) is 3. The number of nitrogens with one attached hydrogen (secondary N) is 2. The van der Waals surface area contributed by atoms with Gasteiger partial charge in [0.05, 0.1) is 0 Å². The second-order valence-electron chi connectivity index (χ2n) is 6.21. The summed E-state index contributed by atoms with van der Waals surface area (Å²) in [5.74, 6) is -0.901. The number of amides is 2. The van der Waals surface area contributed by atoms with Crippen molar-refractivity contribution in [3.05, 3.63) is 0 Å². The molecule has 2 unspecified atom stereocenters. The van der Waals surface area contributed by atoms with Crippen LogP contribution in [0.25, 0.3) is 0 Å². The molecule has 2 fully saturated rings. The first-order valence-electron chi connectivity index (χ1n) is 7.92. The number of hydrogen-bond acceptors (Lipinski definition) is 3. The summed E-state index contributed by atoms with van der Waals surface area (Å²) in [4.78, 5) is 23.8. The van der Waals surface area contributed by atoms with E-state index in [1.165, 1.54) is 6.42 Å². The van der Waals surface area contributed by atoms with Crippen LogP contribution in [0.5, 0.6) is 0 Å². The summed E-state index contributed by atoms with van der Waals surface area (Å²) in [6, 6.07) is -0.159. The number of carboxylic acids is 1. The minimum absolute atomic E-state index is 0.156. The molecule has 0 saturated heterocycles. The second-order valence-corrected chi connectivity index (χ2v) is 7.29. The Hall–Kier alpha value is -0.910. The number of carbonyl (C=O) groups excluding carboxylic acids is 1. The molecular weight excluding hydrogens is 288 g/mol. The van der Waals surface area contributed by atoms with Crippen LogP contribution in [0.2, 0.25) is 0 Å². The largest absolute Gasteiger partial charge is 0.480 e. The Kier molecular flexibility index (Phi) is 5.79. The summed E-state index contributed by atoms with van der Waals surface area (Å²) in [5, 5.41) is 15.7. The van der Waals surface area contributed by atoms with E-state index in [4.69, 9.17) is 0 Å². The molecule has 0 heterocycles. The highest BCUT2D eigenvalue weighted by Gasteiger charge is 2.41. The van der Waals surface area contributed by atoms with E-state index >= 15 is 0 Å². The van der Waals surface area contributed by atoms with Gasteiger partial charge in [-0.15, -0.1) is 0 Å². The van der Waals surface area contributed by atoms with E-state index in [1.54, 1.807) is 11.8 Å². The summed E-state index contributed by atoms with van der Waals surface area (Å²) >= 11 is 1.79. The molecule has 21 heavy (non-hydrogen) atoms. The van der Waals surface area contributed by atoms with Crippen molar-refractivity contribution in [2.75, 3.05) is 6.26 Å². The average Bonchev–Trinajstić information content (AvgIpc) is 2.48. The Morgan fingerprint density at radius 3 is 2.38 bits per heavy atom. The lowest BCUT2D eigenvalue weighted by molar-refractivity contribution is -0.145. The fraction of sp³-hybridized carbons (Fsp3) is 0.867. The average molecular weight is 314 g/mol. The zero-order valence-electron chi connectivity index (χ0n) is 12.7. The van der Waals surface area contributed by atoms with Gasteiger partial charge in [0.1, 0.15) is 5.54 Å². The lowest BCUT2D eigenvalue weighted by atomic mass is 9.82. The molecule has 2 saturated carbocycles. The predicted octanol–water partition coefficient (Wildman–Crippen LogP) is 2.75. The number of rotatable bonds is 4. The van der Waals surface area contributed by atoms with E-state index in [0.29, 0.717) is 18.1 Å². The van der Waals surface area contributed by atoms with Crippen LogP contribution >= 0.6 is 11.8 Å². The molecule has 0 spiro atoms. The third kappa shape index (κ3) is 4.05. The Balaban J connectivity index is 1.94. The van der Waals surface area contributed by atoms with E-state index in [0.717, 1.165) is 38.5 Å². The zero-order valence-corrected chi connectivity index (χ0v) is 13.5. The van der Waals surface area contributed by atoms with Gasteiger partial charge in [-0.1, -0.05) is 32.1 Å². The molecule has 2 rings (SSSR count). The van der Waals surface area contributed by atoms with Crippen molar-refractivity contribution >= 4 is 23.8 Å². The monoisotopic (exact) mass is 314 g/mol. The summed E-state index contributed by atoms with van der Waals surface area (Å²) in [7, 11) is 0. The maximum atomic E-state index is 12.3. The fourth-order valence-corrected chi connectivity index (χ4v) is 4.45. The molecule has 5 nitrogen and oxygen atoms in total. The Morgan fingerprint density at radius 1 is 1.10 bits per heavy atom. The molecule has 2 atom stereocenters. The van der Waals surface area contributed by atoms with Crippen LogP contribution in [0.3, 0.4) is 0 Å². The Labute approximate surface area is 130 Å².